The van der Waals surface area contributed by atoms with Crippen LogP contribution in [-0.4, -0.2) is 0 Å². The van der Waals surface area contributed by atoms with Gasteiger partial charge in [-0.25, -0.2) is 0 Å². The molecule has 0 aliphatic carbocycles. The summed E-state index contributed by atoms with van der Waals surface area (Å²) in [6.45, 7) is 11.6. The van der Waals surface area contributed by atoms with Gasteiger partial charge in [-0.2, -0.15) is 0 Å². The summed E-state index contributed by atoms with van der Waals surface area (Å²) in [7, 11) is -0.604. The minimum absolute atomic E-state index is 0.604. The molecule has 1 heteroatoms. The number of hydrogen-bond donors (Lipinski definition) is 0. The first-order valence-corrected chi connectivity index (χ1v) is 16.1. The average Bonchev–Trinajstić information content (AvgIpc) is 2.90. The molecular weight excluding hydrogens is 451 g/mol. The molecule has 0 fully saturated rings. The Labute approximate surface area is 223 Å². The molecule has 0 amide bonds. The van der Waals surface area contributed by atoms with Crippen molar-refractivity contribution in [3.05, 3.63) is 88.5 Å². The fourth-order valence-corrected chi connectivity index (χ4v) is 8.31. The van der Waals surface area contributed by atoms with Crippen molar-refractivity contribution in [3.63, 3.8) is 0 Å². The molecule has 3 aromatic rings. The Morgan fingerprint density at radius 1 is 0.472 bits per heavy atom. The number of benzene rings is 3. The van der Waals surface area contributed by atoms with E-state index in [1.54, 1.807) is 38.2 Å². The summed E-state index contributed by atoms with van der Waals surface area (Å²) in [6, 6.07) is 23.7. The van der Waals surface area contributed by atoms with Crippen LogP contribution in [0.4, 0.5) is 0 Å². The molecule has 0 atom stereocenters. The van der Waals surface area contributed by atoms with Crippen molar-refractivity contribution in [2.75, 3.05) is 0 Å². The van der Waals surface area contributed by atoms with Gasteiger partial charge < -0.3 is 0 Å². The van der Waals surface area contributed by atoms with Crippen LogP contribution in [0, 0.1) is 6.92 Å². The van der Waals surface area contributed by atoms with Gasteiger partial charge in [0.05, 0.1) is 0 Å². The Bertz CT molecular complexity index is 1000. The van der Waals surface area contributed by atoms with Gasteiger partial charge in [0, 0.05) is 0 Å². The van der Waals surface area contributed by atoms with Gasteiger partial charge in [0.1, 0.15) is 0 Å². The second-order valence-electron chi connectivity index (χ2n) is 10.4. The van der Waals surface area contributed by atoms with Crippen LogP contribution in [-0.2, 0) is 25.7 Å². The van der Waals surface area contributed by atoms with Crippen LogP contribution < -0.4 is 15.9 Å². The second kappa shape index (κ2) is 15.4. The fourth-order valence-electron chi connectivity index (χ4n) is 5.35. The van der Waals surface area contributed by atoms with Gasteiger partial charge in [0.2, 0.25) is 0 Å². The van der Waals surface area contributed by atoms with Gasteiger partial charge in [-0.3, -0.25) is 0 Å². The molecule has 0 N–H and O–H groups in total. The van der Waals surface area contributed by atoms with Crippen molar-refractivity contribution in [1.29, 1.82) is 0 Å². The minimum atomic E-state index is -0.604. The quantitative estimate of drug-likeness (QED) is 0.183. The molecule has 0 bridgehead atoms. The van der Waals surface area contributed by atoms with Crippen LogP contribution in [0.5, 0.6) is 0 Å². The van der Waals surface area contributed by atoms with E-state index >= 15 is 0 Å². The summed E-state index contributed by atoms with van der Waals surface area (Å²) in [4.78, 5) is 0. The first-order chi connectivity index (χ1) is 17.7. The Kier molecular flexibility index (Phi) is 12.2. The van der Waals surface area contributed by atoms with E-state index in [2.05, 4.69) is 95.3 Å². The number of hydrogen-bond acceptors (Lipinski definition) is 0. The smallest absolute Gasteiger partial charge is 0.0116 e. The van der Waals surface area contributed by atoms with E-state index < -0.39 is 7.92 Å². The molecule has 0 aromatic heterocycles. The van der Waals surface area contributed by atoms with Crippen molar-refractivity contribution in [1.82, 2.24) is 0 Å². The Morgan fingerprint density at radius 3 is 1.33 bits per heavy atom. The normalized spacial score (nSPS) is 11.4. The fraction of sp³-hybridized carbons (Fsp3) is 0.486. The molecule has 0 spiro atoms. The maximum atomic E-state index is 2.49. The van der Waals surface area contributed by atoms with Crippen LogP contribution in [0.2, 0.25) is 0 Å². The molecule has 0 radical (unpaired) electrons. The lowest BCUT2D eigenvalue weighted by molar-refractivity contribution is 0.760. The Morgan fingerprint density at radius 2 is 0.889 bits per heavy atom. The summed E-state index contributed by atoms with van der Waals surface area (Å²) in [5.74, 6) is 0. The van der Waals surface area contributed by atoms with Crippen LogP contribution in [0.1, 0.15) is 107 Å². The standard InChI is InChI=1S/C35H49P/c1-6-10-19-29-21-16-26-34(31(29)23-12-8-3)36(33-25-15-14-18-28(33)5)35-27-17-22-30(20-11-7-2)32(35)24-13-9-4/h14-18,21-22,25-27H,6-13,19-20,23-24H2,1-5H3. The maximum absolute atomic E-state index is 2.49. The first kappa shape index (κ1) is 28.7. The molecular formula is C35H49P. The van der Waals surface area contributed by atoms with Crippen molar-refractivity contribution >= 4 is 23.8 Å². The van der Waals surface area contributed by atoms with Gasteiger partial charge in [0.15, 0.2) is 0 Å². The maximum Gasteiger partial charge on any atom is -0.0116 e. The lowest BCUT2D eigenvalue weighted by atomic mass is 9.97. The van der Waals surface area contributed by atoms with Crippen LogP contribution in [0.15, 0.2) is 60.7 Å². The molecule has 0 unspecified atom stereocenters. The van der Waals surface area contributed by atoms with Crippen molar-refractivity contribution in [2.24, 2.45) is 0 Å². The summed E-state index contributed by atoms with van der Waals surface area (Å²) < 4.78 is 0. The Balaban J connectivity index is 2.29. The summed E-state index contributed by atoms with van der Waals surface area (Å²) in [6.07, 6.45) is 14.9. The zero-order valence-electron chi connectivity index (χ0n) is 23.7. The molecule has 0 aliphatic heterocycles. The molecule has 36 heavy (non-hydrogen) atoms. The molecule has 3 rings (SSSR count). The van der Waals surface area contributed by atoms with Crippen LogP contribution >= 0.6 is 7.92 Å². The predicted molar refractivity (Wildman–Crippen MR) is 164 cm³/mol. The lowest BCUT2D eigenvalue weighted by Crippen LogP contribution is -2.28. The van der Waals surface area contributed by atoms with E-state index in [4.69, 9.17) is 0 Å². The number of rotatable bonds is 15. The summed E-state index contributed by atoms with van der Waals surface area (Å²) in [5.41, 5.74) is 7.94. The molecule has 0 nitrogen and oxygen atoms in total. The topological polar surface area (TPSA) is 0 Å². The average molecular weight is 501 g/mol. The second-order valence-corrected chi connectivity index (χ2v) is 12.5. The zero-order chi connectivity index (χ0) is 25.8. The number of unbranched alkanes of at least 4 members (excludes halogenated alkanes) is 4. The highest BCUT2D eigenvalue weighted by Gasteiger charge is 2.25. The van der Waals surface area contributed by atoms with Gasteiger partial charge in [-0.15, -0.1) is 0 Å². The number of aryl methyl sites for hydroxylation is 3. The molecule has 0 aliphatic rings. The SMILES string of the molecule is CCCCc1cccc(P(c2ccccc2C)c2cccc(CCCC)c2CCCC)c1CCCC. The molecule has 0 saturated carbocycles. The van der Waals surface area contributed by atoms with E-state index in [1.807, 2.05) is 0 Å². The first-order valence-electron chi connectivity index (χ1n) is 14.7. The van der Waals surface area contributed by atoms with Gasteiger partial charge in [-0.1, -0.05) is 114 Å². The van der Waals surface area contributed by atoms with Crippen LogP contribution in [0.3, 0.4) is 0 Å². The predicted octanol–water partition coefficient (Wildman–Crippen LogP) is 9.12. The van der Waals surface area contributed by atoms with Crippen molar-refractivity contribution in [3.8, 4) is 0 Å². The Hall–Kier alpha value is -1.91. The highest BCUT2D eigenvalue weighted by Crippen LogP contribution is 2.39. The van der Waals surface area contributed by atoms with E-state index in [0.29, 0.717) is 0 Å². The van der Waals surface area contributed by atoms with Crippen molar-refractivity contribution < 1.29 is 0 Å². The third-order valence-electron chi connectivity index (χ3n) is 7.49. The monoisotopic (exact) mass is 500 g/mol. The highest BCUT2D eigenvalue weighted by atomic mass is 31.1. The largest absolute Gasteiger partial charge is 0.0654 e. The van der Waals surface area contributed by atoms with Crippen molar-refractivity contribution in [2.45, 2.75) is 112 Å². The van der Waals surface area contributed by atoms with E-state index in [-0.39, 0.29) is 0 Å². The zero-order valence-corrected chi connectivity index (χ0v) is 24.6. The third kappa shape index (κ3) is 7.32. The third-order valence-corrected chi connectivity index (χ3v) is 10.3. The van der Waals surface area contributed by atoms with Gasteiger partial charge >= 0.3 is 0 Å². The minimum Gasteiger partial charge on any atom is -0.0654 e. The summed E-state index contributed by atoms with van der Waals surface area (Å²) >= 11 is 0. The van der Waals surface area contributed by atoms with Gasteiger partial charge in [0.25, 0.3) is 0 Å². The van der Waals surface area contributed by atoms with Crippen LogP contribution in [0.25, 0.3) is 0 Å². The molecule has 0 saturated heterocycles. The summed E-state index contributed by atoms with van der Waals surface area (Å²) in [5, 5.41) is 4.78. The van der Waals surface area contributed by atoms with E-state index in [0.717, 1.165) is 0 Å². The van der Waals surface area contributed by atoms with E-state index in [1.165, 1.54) is 82.6 Å². The highest BCUT2D eigenvalue weighted by molar-refractivity contribution is 7.80. The molecule has 0 heterocycles. The molecule has 194 valence electrons. The van der Waals surface area contributed by atoms with Gasteiger partial charge in [-0.05, 0) is 110 Å². The van der Waals surface area contributed by atoms with E-state index in [9.17, 15) is 0 Å². The lowest BCUT2D eigenvalue weighted by Gasteiger charge is -2.28. The molecule has 3 aromatic carbocycles.